The lowest BCUT2D eigenvalue weighted by Crippen LogP contribution is -2.37. The number of benzene rings is 2. The van der Waals surface area contributed by atoms with E-state index in [0.29, 0.717) is 28.4 Å². The number of nitrogens with one attached hydrogen (secondary N) is 3. The van der Waals surface area contributed by atoms with E-state index in [2.05, 4.69) is 22.9 Å². The predicted molar refractivity (Wildman–Crippen MR) is 127 cm³/mol. The summed E-state index contributed by atoms with van der Waals surface area (Å²) in [7, 11) is 0. The molecule has 170 valence electrons. The van der Waals surface area contributed by atoms with Crippen molar-refractivity contribution in [2.24, 2.45) is 5.92 Å². The summed E-state index contributed by atoms with van der Waals surface area (Å²) in [5, 5.41) is 8.70. The minimum Gasteiger partial charge on any atom is -0.376 e. The van der Waals surface area contributed by atoms with Gasteiger partial charge in [0.1, 0.15) is 0 Å². The molecule has 32 heavy (non-hydrogen) atoms. The van der Waals surface area contributed by atoms with Crippen LogP contribution in [0.4, 0.5) is 11.4 Å². The topological polar surface area (TPSA) is 90.5 Å². The summed E-state index contributed by atoms with van der Waals surface area (Å²) in [5.41, 5.74) is 2.48. The number of nitrogens with zero attached hydrogens (tertiary/aromatic N) is 1. The largest absolute Gasteiger partial charge is 0.376 e. The van der Waals surface area contributed by atoms with Crippen LogP contribution in [0.25, 0.3) is 0 Å². The molecular weight excluding hydrogens is 404 g/mol. The Balaban J connectivity index is 1.50. The van der Waals surface area contributed by atoms with Gasteiger partial charge in [0, 0.05) is 41.6 Å². The standard InChI is InChI=1S/C25H32N4O3/c1-17(2)27-24(31)20-5-4-6-22(15-20)26-16-23(30)28-21-9-7-19(8-10-21)25(32)29-13-11-18(3)12-14-29/h4-10,15,17-18,26H,11-14,16H2,1-3H3,(H,27,31)(H,28,30). The SMILES string of the molecule is CC1CCN(C(=O)c2ccc(NC(=O)CNc3cccc(C(=O)NC(C)C)c3)cc2)CC1. The van der Waals surface area contributed by atoms with Gasteiger partial charge >= 0.3 is 0 Å². The molecule has 0 saturated carbocycles. The smallest absolute Gasteiger partial charge is 0.253 e. The summed E-state index contributed by atoms with van der Waals surface area (Å²) < 4.78 is 0. The van der Waals surface area contributed by atoms with E-state index >= 15 is 0 Å². The Bertz CT molecular complexity index is 948. The second-order valence-corrected chi connectivity index (χ2v) is 8.66. The zero-order valence-corrected chi connectivity index (χ0v) is 19.0. The molecule has 2 aromatic carbocycles. The number of hydrogen-bond acceptors (Lipinski definition) is 4. The summed E-state index contributed by atoms with van der Waals surface area (Å²) >= 11 is 0. The fraction of sp³-hybridized carbons (Fsp3) is 0.400. The lowest BCUT2D eigenvalue weighted by atomic mass is 9.98. The molecule has 1 fully saturated rings. The molecule has 0 unspecified atom stereocenters. The number of likely N-dealkylation sites (tertiary alicyclic amines) is 1. The molecule has 7 nitrogen and oxygen atoms in total. The molecule has 7 heteroatoms. The van der Waals surface area contributed by atoms with Crippen molar-refractivity contribution in [3.63, 3.8) is 0 Å². The van der Waals surface area contributed by atoms with Gasteiger partial charge < -0.3 is 20.9 Å². The molecule has 0 bridgehead atoms. The number of piperidine rings is 1. The lowest BCUT2D eigenvalue weighted by Gasteiger charge is -2.30. The first kappa shape index (κ1) is 23.3. The van der Waals surface area contributed by atoms with Crippen molar-refractivity contribution in [1.82, 2.24) is 10.2 Å². The Labute approximate surface area is 189 Å². The minimum absolute atomic E-state index is 0.0397. The van der Waals surface area contributed by atoms with Gasteiger partial charge in [-0.3, -0.25) is 14.4 Å². The zero-order valence-electron chi connectivity index (χ0n) is 19.0. The van der Waals surface area contributed by atoms with Gasteiger partial charge in [-0.15, -0.1) is 0 Å². The summed E-state index contributed by atoms with van der Waals surface area (Å²) in [4.78, 5) is 39.0. The Morgan fingerprint density at radius 1 is 0.969 bits per heavy atom. The molecule has 0 atom stereocenters. The Morgan fingerprint density at radius 3 is 2.31 bits per heavy atom. The first-order valence-electron chi connectivity index (χ1n) is 11.2. The average molecular weight is 437 g/mol. The molecule has 1 aliphatic heterocycles. The Kier molecular flexibility index (Phi) is 7.87. The van der Waals surface area contributed by atoms with Crippen LogP contribution in [-0.2, 0) is 4.79 Å². The van der Waals surface area contributed by atoms with Gasteiger partial charge in [0.2, 0.25) is 5.91 Å². The van der Waals surface area contributed by atoms with E-state index in [1.807, 2.05) is 18.7 Å². The van der Waals surface area contributed by atoms with E-state index in [1.54, 1.807) is 48.5 Å². The molecule has 2 aromatic rings. The maximum absolute atomic E-state index is 12.6. The van der Waals surface area contributed by atoms with E-state index in [0.717, 1.165) is 25.9 Å². The van der Waals surface area contributed by atoms with Crippen LogP contribution in [0.3, 0.4) is 0 Å². The quantitative estimate of drug-likeness (QED) is 0.617. The fourth-order valence-electron chi connectivity index (χ4n) is 3.59. The molecule has 1 saturated heterocycles. The first-order valence-corrected chi connectivity index (χ1v) is 11.2. The number of carbonyl (C=O) groups is 3. The predicted octanol–water partition coefficient (Wildman–Crippen LogP) is 3.75. The van der Waals surface area contributed by atoms with E-state index in [9.17, 15) is 14.4 Å². The van der Waals surface area contributed by atoms with Crippen LogP contribution in [0, 0.1) is 5.92 Å². The van der Waals surface area contributed by atoms with Crippen molar-refractivity contribution in [3.05, 3.63) is 59.7 Å². The third-order valence-corrected chi connectivity index (χ3v) is 5.48. The average Bonchev–Trinajstić information content (AvgIpc) is 2.78. The number of rotatable bonds is 7. The van der Waals surface area contributed by atoms with Crippen molar-refractivity contribution in [2.75, 3.05) is 30.3 Å². The molecule has 1 aliphatic rings. The second kappa shape index (κ2) is 10.8. The lowest BCUT2D eigenvalue weighted by molar-refractivity contribution is -0.114. The molecule has 3 amide bonds. The zero-order chi connectivity index (χ0) is 23.1. The molecule has 3 rings (SSSR count). The third-order valence-electron chi connectivity index (χ3n) is 5.48. The number of anilines is 2. The number of hydrogen-bond donors (Lipinski definition) is 3. The van der Waals surface area contributed by atoms with Crippen molar-refractivity contribution in [3.8, 4) is 0 Å². The van der Waals surface area contributed by atoms with Gasteiger partial charge in [0.05, 0.1) is 6.54 Å². The van der Waals surface area contributed by atoms with Crippen molar-refractivity contribution in [2.45, 2.75) is 39.7 Å². The van der Waals surface area contributed by atoms with Crippen molar-refractivity contribution >= 4 is 29.1 Å². The summed E-state index contributed by atoms with van der Waals surface area (Å²) in [6.45, 7) is 7.67. The number of amides is 3. The molecule has 0 radical (unpaired) electrons. The van der Waals surface area contributed by atoms with Gasteiger partial charge in [0.15, 0.2) is 0 Å². The molecule has 1 heterocycles. The monoisotopic (exact) mass is 436 g/mol. The van der Waals surface area contributed by atoms with E-state index in [-0.39, 0.29) is 30.3 Å². The highest BCUT2D eigenvalue weighted by molar-refractivity contribution is 5.97. The van der Waals surface area contributed by atoms with Crippen LogP contribution >= 0.6 is 0 Å². The summed E-state index contributed by atoms with van der Waals surface area (Å²) in [6, 6.07) is 14.1. The molecule has 3 N–H and O–H groups in total. The van der Waals surface area contributed by atoms with Crippen LogP contribution in [0.5, 0.6) is 0 Å². The van der Waals surface area contributed by atoms with Crippen LogP contribution in [0.1, 0.15) is 54.3 Å². The fourth-order valence-corrected chi connectivity index (χ4v) is 3.59. The van der Waals surface area contributed by atoms with Crippen LogP contribution in [0.2, 0.25) is 0 Å². The highest BCUT2D eigenvalue weighted by Crippen LogP contribution is 2.19. The van der Waals surface area contributed by atoms with Gasteiger partial charge in [0.25, 0.3) is 11.8 Å². The van der Waals surface area contributed by atoms with Gasteiger partial charge in [-0.05, 0) is 75.1 Å². The maximum atomic E-state index is 12.6. The highest BCUT2D eigenvalue weighted by Gasteiger charge is 2.21. The second-order valence-electron chi connectivity index (χ2n) is 8.66. The molecule has 0 spiro atoms. The highest BCUT2D eigenvalue weighted by atomic mass is 16.2. The molecular formula is C25H32N4O3. The van der Waals surface area contributed by atoms with Crippen molar-refractivity contribution in [1.29, 1.82) is 0 Å². The summed E-state index contributed by atoms with van der Waals surface area (Å²) in [6.07, 6.45) is 2.08. The van der Waals surface area contributed by atoms with Gasteiger partial charge in [-0.1, -0.05) is 13.0 Å². The molecule has 0 aliphatic carbocycles. The van der Waals surface area contributed by atoms with Crippen LogP contribution in [0.15, 0.2) is 48.5 Å². The van der Waals surface area contributed by atoms with Crippen molar-refractivity contribution < 1.29 is 14.4 Å². The van der Waals surface area contributed by atoms with Gasteiger partial charge in [-0.25, -0.2) is 0 Å². The third kappa shape index (κ3) is 6.57. The van der Waals surface area contributed by atoms with Gasteiger partial charge in [-0.2, -0.15) is 0 Å². The Hall–Kier alpha value is -3.35. The first-order chi connectivity index (χ1) is 15.3. The summed E-state index contributed by atoms with van der Waals surface area (Å²) in [5.74, 6) is 0.343. The van der Waals surface area contributed by atoms with Crippen LogP contribution in [-0.4, -0.2) is 48.3 Å². The normalized spacial score (nSPS) is 14.2. The molecule has 0 aromatic heterocycles. The van der Waals surface area contributed by atoms with E-state index < -0.39 is 0 Å². The van der Waals surface area contributed by atoms with Crippen LogP contribution < -0.4 is 16.0 Å². The number of carbonyl (C=O) groups excluding carboxylic acids is 3. The maximum Gasteiger partial charge on any atom is 0.253 e. The van der Waals surface area contributed by atoms with E-state index in [4.69, 9.17) is 0 Å². The van der Waals surface area contributed by atoms with E-state index in [1.165, 1.54) is 0 Å². The Morgan fingerprint density at radius 2 is 1.66 bits per heavy atom. The minimum atomic E-state index is -0.217.